The van der Waals surface area contributed by atoms with Crippen molar-refractivity contribution < 1.29 is 8.42 Å². The Hall–Kier alpha value is -0.920. The summed E-state index contributed by atoms with van der Waals surface area (Å²) in [7, 11) is 0.526. The summed E-state index contributed by atoms with van der Waals surface area (Å²) in [5.41, 5.74) is 1.36. The highest BCUT2D eigenvalue weighted by Crippen LogP contribution is 2.33. The van der Waals surface area contributed by atoms with E-state index in [1.165, 1.54) is 0 Å². The Bertz CT molecular complexity index is 651. The Morgan fingerprint density at radius 3 is 2.52 bits per heavy atom. The second-order valence-corrected chi connectivity index (χ2v) is 8.71. The SMILES string of the molecule is CCC1C(C)CCN1S(=O)(=O)c1c(C)nn(CCN(C)C)c1C. The Kier molecular flexibility index (Phi) is 5.53. The van der Waals surface area contributed by atoms with Crippen LogP contribution in [0.2, 0.25) is 0 Å². The summed E-state index contributed by atoms with van der Waals surface area (Å²) in [4.78, 5) is 2.48. The standard InChI is InChI=1S/C16H30N4O2S/c1-7-15-12(2)8-9-20(15)23(21,22)16-13(3)17-19(14(16)4)11-10-18(5)6/h12,15H,7-11H2,1-6H3. The van der Waals surface area contributed by atoms with Crippen molar-refractivity contribution in [2.75, 3.05) is 27.2 Å². The van der Waals surface area contributed by atoms with Gasteiger partial charge in [-0.15, -0.1) is 0 Å². The fourth-order valence-electron chi connectivity index (χ4n) is 3.56. The molecule has 7 heteroatoms. The van der Waals surface area contributed by atoms with E-state index in [4.69, 9.17) is 0 Å². The number of hydrogen-bond acceptors (Lipinski definition) is 4. The molecule has 1 aromatic heterocycles. The first-order chi connectivity index (χ1) is 10.7. The third kappa shape index (κ3) is 3.46. The lowest BCUT2D eigenvalue weighted by molar-refractivity contribution is 0.339. The van der Waals surface area contributed by atoms with Gasteiger partial charge < -0.3 is 4.90 Å². The van der Waals surface area contributed by atoms with E-state index >= 15 is 0 Å². The zero-order valence-electron chi connectivity index (χ0n) is 15.2. The fourth-order valence-corrected chi connectivity index (χ4v) is 5.75. The number of aromatic nitrogens is 2. The molecule has 1 aliphatic rings. The topological polar surface area (TPSA) is 58.4 Å². The molecule has 0 radical (unpaired) electrons. The molecule has 2 heterocycles. The molecule has 6 nitrogen and oxygen atoms in total. The Labute approximate surface area is 140 Å². The van der Waals surface area contributed by atoms with Gasteiger partial charge in [-0.3, -0.25) is 4.68 Å². The molecule has 0 spiro atoms. The molecular formula is C16H30N4O2S. The number of likely N-dealkylation sites (N-methyl/N-ethyl adjacent to an activating group) is 1. The largest absolute Gasteiger partial charge is 0.308 e. The number of hydrogen-bond donors (Lipinski definition) is 0. The van der Waals surface area contributed by atoms with Crippen LogP contribution in [0.5, 0.6) is 0 Å². The first-order valence-electron chi connectivity index (χ1n) is 8.40. The van der Waals surface area contributed by atoms with Crippen LogP contribution in [-0.2, 0) is 16.6 Å². The first kappa shape index (κ1) is 18.4. The van der Waals surface area contributed by atoms with Crippen molar-refractivity contribution in [3.8, 4) is 0 Å². The molecule has 2 atom stereocenters. The van der Waals surface area contributed by atoms with Crippen molar-refractivity contribution in [1.82, 2.24) is 19.0 Å². The first-order valence-corrected chi connectivity index (χ1v) is 9.84. The van der Waals surface area contributed by atoms with Gasteiger partial charge in [-0.05, 0) is 46.7 Å². The second kappa shape index (κ2) is 6.91. The Morgan fingerprint density at radius 2 is 1.96 bits per heavy atom. The Morgan fingerprint density at radius 1 is 1.30 bits per heavy atom. The average Bonchev–Trinajstić information content (AvgIpc) is 2.97. The van der Waals surface area contributed by atoms with Crippen LogP contribution in [0.25, 0.3) is 0 Å². The predicted octanol–water partition coefficient (Wildman–Crippen LogP) is 1.87. The van der Waals surface area contributed by atoms with Gasteiger partial charge in [-0.1, -0.05) is 13.8 Å². The van der Waals surface area contributed by atoms with Gasteiger partial charge in [0.15, 0.2) is 0 Å². The molecule has 2 unspecified atom stereocenters. The van der Waals surface area contributed by atoms with Crippen LogP contribution < -0.4 is 0 Å². The lowest BCUT2D eigenvalue weighted by Crippen LogP contribution is -2.37. The quantitative estimate of drug-likeness (QED) is 0.792. The second-order valence-electron chi connectivity index (χ2n) is 6.88. The zero-order valence-corrected chi connectivity index (χ0v) is 16.0. The van der Waals surface area contributed by atoms with Gasteiger partial charge >= 0.3 is 0 Å². The average molecular weight is 343 g/mol. The van der Waals surface area contributed by atoms with E-state index in [0.29, 0.717) is 29.6 Å². The van der Waals surface area contributed by atoms with Gasteiger partial charge in [0.1, 0.15) is 4.90 Å². The van der Waals surface area contributed by atoms with E-state index in [2.05, 4.69) is 23.8 Å². The Balaban J connectivity index is 2.37. The van der Waals surface area contributed by atoms with Crippen molar-refractivity contribution in [3.63, 3.8) is 0 Å². The molecule has 1 aliphatic heterocycles. The summed E-state index contributed by atoms with van der Waals surface area (Å²) in [6.45, 7) is 10.0. The predicted molar refractivity (Wildman–Crippen MR) is 92.0 cm³/mol. The minimum atomic E-state index is -3.48. The third-order valence-electron chi connectivity index (χ3n) is 4.89. The van der Waals surface area contributed by atoms with Crippen LogP contribution in [0.1, 0.15) is 38.1 Å². The molecular weight excluding hydrogens is 312 g/mol. The van der Waals surface area contributed by atoms with E-state index in [9.17, 15) is 8.42 Å². The number of aryl methyl sites for hydroxylation is 1. The highest BCUT2D eigenvalue weighted by atomic mass is 32.2. The molecule has 23 heavy (non-hydrogen) atoms. The number of sulfonamides is 1. The van der Waals surface area contributed by atoms with Gasteiger partial charge in [0.25, 0.3) is 0 Å². The maximum Gasteiger partial charge on any atom is 0.247 e. The highest BCUT2D eigenvalue weighted by Gasteiger charge is 2.40. The minimum Gasteiger partial charge on any atom is -0.308 e. The summed E-state index contributed by atoms with van der Waals surface area (Å²) in [5.74, 6) is 0.416. The summed E-state index contributed by atoms with van der Waals surface area (Å²) < 4.78 is 29.9. The van der Waals surface area contributed by atoms with E-state index in [1.54, 1.807) is 11.2 Å². The van der Waals surface area contributed by atoms with Crippen molar-refractivity contribution in [3.05, 3.63) is 11.4 Å². The van der Waals surface area contributed by atoms with Crippen LogP contribution >= 0.6 is 0 Å². The molecule has 0 N–H and O–H groups in total. The lowest BCUT2D eigenvalue weighted by atomic mass is 10.0. The van der Waals surface area contributed by atoms with Crippen molar-refractivity contribution >= 4 is 10.0 Å². The monoisotopic (exact) mass is 342 g/mol. The molecule has 1 saturated heterocycles. The smallest absolute Gasteiger partial charge is 0.247 e. The third-order valence-corrected chi connectivity index (χ3v) is 7.07. The molecule has 132 valence electrons. The zero-order chi connectivity index (χ0) is 17.4. The number of rotatable bonds is 6. The van der Waals surface area contributed by atoms with Crippen molar-refractivity contribution in [2.24, 2.45) is 5.92 Å². The van der Waals surface area contributed by atoms with Crippen LogP contribution in [0.4, 0.5) is 0 Å². The van der Waals surface area contributed by atoms with Crippen molar-refractivity contribution in [1.29, 1.82) is 0 Å². The summed E-state index contributed by atoms with van der Waals surface area (Å²) in [5, 5.41) is 4.47. The van der Waals surface area contributed by atoms with Gasteiger partial charge in [0, 0.05) is 19.1 Å². The van der Waals surface area contributed by atoms with Crippen LogP contribution in [0, 0.1) is 19.8 Å². The lowest BCUT2D eigenvalue weighted by Gasteiger charge is -2.25. The van der Waals surface area contributed by atoms with E-state index < -0.39 is 10.0 Å². The molecule has 2 rings (SSSR count). The van der Waals surface area contributed by atoms with Gasteiger partial charge in [0.05, 0.1) is 17.9 Å². The molecule has 0 amide bonds. The van der Waals surface area contributed by atoms with Crippen molar-refractivity contribution in [2.45, 2.75) is 58.0 Å². The van der Waals surface area contributed by atoms with Gasteiger partial charge in [0.2, 0.25) is 10.0 Å². The molecule has 1 aromatic rings. The van der Waals surface area contributed by atoms with Gasteiger partial charge in [-0.2, -0.15) is 9.40 Å². The number of nitrogens with zero attached hydrogens (tertiary/aromatic N) is 4. The van der Waals surface area contributed by atoms with E-state index in [0.717, 1.165) is 25.1 Å². The van der Waals surface area contributed by atoms with Gasteiger partial charge in [-0.25, -0.2) is 8.42 Å². The fraction of sp³-hybridized carbons (Fsp3) is 0.812. The minimum absolute atomic E-state index is 0.101. The molecule has 0 aliphatic carbocycles. The highest BCUT2D eigenvalue weighted by molar-refractivity contribution is 7.89. The maximum atomic E-state index is 13.2. The van der Waals surface area contributed by atoms with E-state index in [-0.39, 0.29) is 6.04 Å². The molecule has 0 aromatic carbocycles. The maximum absolute atomic E-state index is 13.2. The van der Waals surface area contributed by atoms with Crippen LogP contribution in [0.3, 0.4) is 0 Å². The molecule has 0 bridgehead atoms. The molecule has 1 fully saturated rings. The van der Waals surface area contributed by atoms with Crippen LogP contribution in [-0.4, -0.2) is 60.6 Å². The van der Waals surface area contributed by atoms with Crippen LogP contribution in [0.15, 0.2) is 4.90 Å². The van der Waals surface area contributed by atoms with E-state index in [1.807, 2.05) is 25.7 Å². The summed E-state index contributed by atoms with van der Waals surface area (Å²) >= 11 is 0. The summed E-state index contributed by atoms with van der Waals surface area (Å²) in [6.07, 6.45) is 1.79. The normalized spacial score (nSPS) is 23.1. The summed E-state index contributed by atoms with van der Waals surface area (Å²) in [6, 6.07) is 0.101. The molecule has 0 saturated carbocycles.